The molecule has 5 nitrogen and oxygen atoms in total. The van der Waals surface area contributed by atoms with Crippen LogP contribution in [0.15, 0.2) is 78.9 Å². The van der Waals surface area contributed by atoms with Crippen molar-refractivity contribution in [2.24, 2.45) is 0 Å². The number of para-hydroxylation sites is 1. The van der Waals surface area contributed by atoms with Crippen molar-refractivity contribution in [3.63, 3.8) is 0 Å². The summed E-state index contributed by atoms with van der Waals surface area (Å²) in [5.41, 5.74) is 1.24. The summed E-state index contributed by atoms with van der Waals surface area (Å²) in [7, 11) is 0. The Labute approximate surface area is 183 Å². The third-order valence-electron chi connectivity index (χ3n) is 4.69. The van der Waals surface area contributed by atoms with Crippen molar-refractivity contribution >= 4 is 23.3 Å². The summed E-state index contributed by atoms with van der Waals surface area (Å²) in [5, 5.41) is 5.26. The fraction of sp³-hybridized carbons (Fsp3) is 0.167. The summed E-state index contributed by atoms with van der Waals surface area (Å²) in [6, 6.07) is 19.6. The van der Waals surface area contributed by atoms with Crippen LogP contribution in [0.3, 0.4) is 0 Å². The van der Waals surface area contributed by atoms with Gasteiger partial charge in [-0.25, -0.2) is 4.79 Å². The van der Waals surface area contributed by atoms with Crippen molar-refractivity contribution in [3.8, 4) is 0 Å². The maximum Gasteiger partial charge on any atom is 0.416 e. The molecule has 3 rings (SSSR count). The Kier molecular flexibility index (Phi) is 7.14. The van der Waals surface area contributed by atoms with Gasteiger partial charge in [0.25, 0.3) is 5.91 Å². The zero-order valence-electron chi connectivity index (χ0n) is 17.3. The lowest BCUT2D eigenvalue weighted by Crippen LogP contribution is -2.41. The third kappa shape index (κ3) is 6.10. The maximum atomic E-state index is 13.0. The number of nitrogens with one attached hydrogen (secondary N) is 2. The Balaban J connectivity index is 1.70. The number of alkyl halides is 3. The van der Waals surface area contributed by atoms with Crippen LogP contribution in [0.5, 0.6) is 0 Å². The first-order valence-electron chi connectivity index (χ1n) is 9.90. The van der Waals surface area contributed by atoms with E-state index < -0.39 is 17.8 Å². The first kappa shape index (κ1) is 22.9. The number of carbonyl (C=O) groups excluding carboxylic acids is 2. The highest BCUT2D eigenvalue weighted by atomic mass is 19.4. The van der Waals surface area contributed by atoms with Crippen LogP contribution in [0.1, 0.15) is 21.5 Å². The number of nitrogens with zero attached hydrogens (tertiary/aromatic N) is 1. The van der Waals surface area contributed by atoms with Crippen LogP contribution in [-0.4, -0.2) is 25.0 Å². The standard InChI is InChI=1S/C24H22F3N3O2/c1-17-10-12-18(13-11-17)22(31)28-14-15-30(21-8-3-2-4-9-21)23(32)29-20-7-5-6-19(16-20)24(25,26)27/h2-13,16H,14-15H2,1H3,(H,28,31)(H,29,32). The second kappa shape index (κ2) is 10.00. The molecule has 0 aliphatic rings. The number of halogens is 3. The summed E-state index contributed by atoms with van der Waals surface area (Å²) >= 11 is 0. The minimum Gasteiger partial charge on any atom is -0.350 e. The van der Waals surface area contributed by atoms with Crippen LogP contribution in [-0.2, 0) is 6.18 Å². The van der Waals surface area contributed by atoms with Crippen molar-refractivity contribution < 1.29 is 22.8 Å². The monoisotopic (exact) mass is 441 g/mol. The van der Waals surface area contributed by atoms with E-state index in [1.165, 1.54) is 17.0 Å². The van der Waals surface area contributed by atoms with E-state index in [2.05, 4.69) is 10.6 Å². The maximum absolute atomic E-state index is 13.0. The fourth-order valence-corrected chi connectivity index (χ4v) is 3.01. The van der Waals surface area contributed by atoms with E-state index in [9.17, 15) is 22.8 Å². The molecule has 0 bridgehead atoms. The van der Waals surface area contributed by atoms with E-state index in [1.807, 2.05) is 19.1 Å². The molecule has 3 aromatic carbocycles. The van der Waals surface area contributed by atoms with Crippen molar-refractivity contribution in [1.29, 1.82) is 0 Å². The zero-order valence-corrected chi connectivity index (χ0v) is 17.3. The molecule has 0 atom stereocenters. The van der Waals surface area contributed by atoms with Gasteiger partial charge in [-0.2, -0.15) is 13.2 Å². The summed E-state index contributed by atoms with van der Waals surface area (Å²) in [5.74, 6) is -0.281. The molecule has 8 heteroatoms. The Bertz CT molecular complexity index is 1070. The molecular weight excluding hydrogens is 419 g/mol. The molecule has 2 N–H and O–H groups in total. The molecular formula is C24H22F3N3O2. The predicted octanol–water partition coefficient (Wildman–Crippen LogP) is 5.48. The molecule has 0 aromatic heterocycles. The molecule has 0 spiro atoms. The van der Waals surface area contributed by atoms with Crippen LogP contribution < -0.4 is 15.5 Å². The van der Waals surface area contributed by atoms with Crippen molar-refractivity contribution in [2.45, 2.75) is 13.1 Å². The van der Waals surface area contributed by atoms with E-state index in [1.54, 1.807) is 42.5 Å². The van der Waals surface area contributed by atoms with Crippen molar-refractivity contribution in [3.05, 3.63) is 95.6 Å². The number of carbonyl (C=O) groups is 2. The van der Waals surface area contributed by atoms with Gasteiger partial charge in [0.15, 0.2) is 0 Å². The topological polar surface area (TPSA) is 61.4 Å². The third-order valence-corrected chi connectivity index (χ3v) is 4.69. The minimum absolute atomic E-state index is 0.0226. The average molecular weight is 441 g/mol. The predicted molar refractivity (Wildman–Crippen MR) is 118 cm³/mol. The smallest absolute Gasteiger partial charge is 0.350 e. The number of hydrogen-bond donors (Lipinski definition) is 2. The Morgan fingerprint density at radius 1 is 0.906 bits per heavy atom. The van der Waals surface area contributed by atoms with E-state index in [4.69, 9.17) is 0 Å². The van der Waals surface area contributed by atoms with Gasteiger partial charge in [-0.3, -0.25) is 9.69 Å². The number of benzene rings is 3. The van der Waals surface area contributed by atoms with Gasteiger partial charge in [0, 0.05) is 30.0 Å². The molecule has 0 aliphatic heterocycles. The molecule has 0 radical (unpaired) electrons. The van der Waals surface area contributed by atoms with Gasteiger partial charge in [-0.1, -0.05) is 42.0 Å². The minimum atomic E-state index is -4.51. The number of urea groups is 1. The quantitative estimate of drug-likeness (QED) is 0.532. The zero-order chi connectivity index (χ0) is 23.1. The molecule has 0 unspecified atom stereocenters. The highest BCUT2D eigenvalue weighted by molar-refractivity contribution is 6.02. The second-order valence-electron chi connectivity index (χ2n) is 7.12. The highest BCUT2D eigenvalue weighted by Crippen LogP contribution is 2.30. The lowest BCUT2D eigenvalue weighted by molar-refractivity contribution is -0.137. The van der Waals surface area contributed by atoms with Gasteiger partial charge in [0.1, 0.15) is 0 Å². The van der Waals surface area contributed by atoms with E-state index in [0.29, 0.717) is 11.3 Å². The van der Waals surface area contributed by atoms with Gasteiger partial charge in [-0.15, -0.1) is 0 Å². The molecule has 0 heterocycles. The fourth-order valence-electron chi connectivity index (χ4n) is 3.01. The van der Waals surface area contributed by atoms with Crippen molar-refractivity contribution in [2.75, 3.05) is 23.3 Å². The normalized spacial score (nSPS) is 11.0. The second-order valence-corrected chi connectivity index (χ2v) is 7.12. The van der Waals surface area contributed by atoms with Gasteiger partial charge < -0.3 is 10.6 Å². The largest absolute Gasteiger partial charge is 0.416 e. The SMILES string of the molecule is Cc1ccc(C(=O)NCCN(C(=O)Nc2cccc(C(F)(F)F)c2)c2ccccc2)cc1. The highest BCUT2D eigenvalue weighted by Gasteiger charge is 2.30. The van der Waals surface area contributed by atoms with Gasteiger partial charge in [-0.05, 0) is 49.4 Å². The number of aryl methyl sites for hydroxylation is 1. The number of rotatable bonds is 6. The van der Waals surface area contributed by atoms with E-state index in [0.717, 1.165) is 17.7 Å². The van der Waals surface area contributed by atoms with Gasteiger partial charge in [0.2, 0.25) is 0 Å². The lowest BCUT2D eigenvalue weighted by atomic mass is 10.1. The molecule has 166 valence electrons. The van der Waals surface area contributed by atoms with Gasteiger partial charge >= 0.3 is 12.2 Å². The summed E-state index contributed by atoms with van der Waals surface area (Å²) in [4.78, 5) is 26.6. The summed E-state index contributed by atoms with van der Waals surface area (Å²) in [6.07, 6.45) is -4.51. The molecule has 0 saturated heterocycles. The number of anilines is 2. The molecule has 32 heavy (non-hydrogen) atoms. The van der Waals surface area contributed by atoms with Gasteiger partial charge in [0.05, 0.1) is 5.56 Å². The average Bonchev–Trinajstić information content (AvgIpc) is 2.77. The first-order valence-corrected chi connectivity index (χ1v) is 9.90. The lowest BCUT2D eigenvalue weighted by Gasteiger charge is -2.23. The van der Waals surface area contributed by atoms with Crippen LogP contribution in [0.25, 0.3) is 0 Å². The van der Waals surface area contributed by atoms with Crippen molar-refractivity contribution in [1.82, 2.24) is 5.32 Å². The van der Waals surface area contributed by atoms with Crippen LogP contribution in [0.4, 0.5) is 29.3 Å². The van der Waals surface area contributed by atoms with E-state index >= 15 is 0 Å². The summed E-state index contributed by atoms with van der Waals surface area (Å²) < 4.78 is 38.9. The first-order chi connectivity index (χ1) is 15.2. The number of amides is 3. The van der Waals surface area contributed by atoms with Crippen LogP contribution in [0.2, 0.25) is 0 Å². The molecule has 0 saturated carbocycles. The van der Waals surface area contributed by atoms with Crippen LogP contribution >= 0.6 is 0 Å². The molecule has 3 aromatic rings. The van der Waals surface area contributed by atoms with E-state index in [-0.39, 0.29) is 24.7 Å². The Morgan fingerprint density at radius 2 is 1.59 bits per heavy atom. The Hall–Kier alpha value is -3.81. The summed E-state index contributed by atoms with van der Waals surface area (Å²) in [6.45, 7) is 2.19. The van der Waals surface area contributed by atoms with Crippen LogP contribution in [0, 0.1) is 6.92 Å². The Morgan fingerprint density at radius 3 is 2.25 bits per heavy atom. The number of hydrogen-bond acceptors (Lipinski definition) is 2. The molecule has 0 fully saturated rings. The molecule has 0 aliphatic carbocycles. The molecule has 3 amide bonds.